The van der Waals surface area contributed by atoms with Crippen LogP contribution in [0.2, 0.25) is 0 Å². The van der Waals surface area contributed by atoms with Crippen LogP contribution in [-0.2, 0) is 16.0 Å². The van der Waals surface area contributed by atoms with Crippen molar-refractivity contribution in [1.29, 1.82) is 0 Å². The minimum Gasteiger partial charge on any atom is -0.497 e. The van der Waals surface area contributed by atoms with E-state index in [1.54, 1.807) is 43.6 Å². The first-order chi connectivity index (χ1) is 11.5. The van der Waals surface area contributed by atoms with Crippen LogP contribution in [0.25, 0.3) is 0 Å². The molecular weight excluding hydrogens is 308 g/mol. The van der Waals surface area contributed by atoms with Crippen LogP contribution in [0, 0.1) is 0 Å². The van der Waals surface area contributed by atoms with Crippen LogP contribution in [0.1, 0.15) is 34.6 Å². The van der Waals surface area contributed by atoms with Crippen LogP contribution in [-0.4, -0.2) is 31.1 Å². The van der Waals surface area contributed by atoms with Gasteiger partial charge in [-0.25, -0.2) is 0 Å². The number of nitrogens with one attached hydrogen (secondary N) is 1. The van der Waals surface area contributed by atoms with Crippen molar-refractivity contribution in [2.24, 2.45) is 0 Å². The van der Waals surface area contributed by atoms with Gasteiger partial charge >= 0.3 is 5.97 Å². The molecule has 1 N–H and O–H groups in total. The second-order valence-electron chi connectivity index (χ2n) is 5.23. The van der Waals surface area contributed by atoms with E-state index in [1.807, 2.05) is 13.0 Å². The molecule has 0 fully saturated rings. The molecule has 126 valence electrons. The molecule has 1 heterocycles. The largest absolute Gasteiger partial charge is 0.497 e. The van der Waals surface area contributed by atoms with Crippen LogP contribution in [0.15, 0.2) is 42.6 Å². The number of carbonyl (C=O) groups excluding carboxylic acids is 2. The van der Waals surface area contributed by atoms with Gasteiger partial charge in [0.05, 0.1) is 26.7 Å². The highest BCUT2D eigenvalue weighted by molar-refractivity contribution is 5.92. The predicted octanol–water partition coefficient (Wildman–Crippen LogP) is 2.30. The molecule has 0 saturated carbocycles. The summed E-state index contributed by atoms with van der Waals surface area (Å²) in [7, 11) is 2.90. The molecule has 1 aromatic carbocycles. The normalized spacial score (nSPS) is 11.5. The summed E-state index contributed by atoms with van der Waals surface area (Å²) in [6, 6.07) is 10.2. The van der Waals surface area contributed by atoms with E-state index >= 15 is 0 Å². The monoisotopic (exact) mass is 328 g/mol. The third kappa shape index (κ3) is 4.32. The van der Waals surface area contributed by atoms with Crippen molar-refractivity contribution in [2.75, 3.05) is 14.2 Å². The standard InChI is InChI=1S/C18H20N2O4/c1-12(20-18(22)16-6-4-5-9-19-16)15-8-7-14(23-2)10-13(15)11-17(21)24-3/h4-10,12H,11H2,1-3H3,(H,20,22). The van der Waals surface area contributed by atoms with E-state index in [-0.39, 0.29) is 24.3 Å². The second kappa shape index (κ2) is 8.10. The van der Waals surface area contributed by atoms with Gasteiger partial charge in [0.2, 0.25) is 0 Å². The molecule has 0 spiro atoms. The predicted molar refractivity (Wildman–Crippen MR) is 88.8 cm³/mol. The molecule has 1 atom stereocenters. The molecule has 0 aliphatic carbocycles. The molecule has 0 aliphatic heterocycles. The Morgan fingerprint density at radius 1 is 1.21 bits per heavy atom. The first kappa shape index (κ1) is 17.5. The summed E-state index contributed by atoms with van der Waals surface area (Å²) in [5, 5.41) is 2.89. The zero-order valence-electron chi connectivity index (χ0n) is 13.9. The van der Waals surface area contributed by atoms with Crippen LogP contribution in [0.4, 0.5) is 0 Å². The van der Waals surface area contributed by atoms with E-state index in [0.717, 1.165) is 11.1 Å². The zero-order chi connectivity index (χ0) is 17.5. The molecule has 24 heavy (non-hydrogen) atoms. The number of amides is 1. The van der Waals surface area contributed by atoms with Gasteiger partial charge in [-0.2, -0.15) is 0 Å². The number of ether oxygens (including phenoxy) is 2. The molecular formula is C18H20N2O4. The van der Waals surface area contributed by atoms with Gasteiger partial charge in [-0.15, -0.1) is 0 Å². The summed E-state index contributed by atoms with van der Waals surface area (Å²) in [6.45, 7) is 1.85. The van der Waals surface area contributed by atoms with Crippen molar-refractivity contribution < 1.29 is 19.1 Å². The number of hydrogen-bond donors (Lipinski definition) is 1. The Bertz CT molecular complexity index is 716. The fraction of sp³-hybridized carbons (Fsp3) is 0.278. The maximum atomic E-state index is 12.3. The molecule has 1 unspecified atom stereocenters. The third-order valence-corrected chi connectivity index (χ3v) is 3.62. The molecule has 6 nitrogen and oxygen atoms in total. The third-order valence-electron chi connectivity index (χ3n) is 3.62. The summed E-state index contributed by atoms with van der Waals surface area (Å²) < 4.78 is 9.94. The average molecular weight is 328 g/mol. The first-order valence-corrected chi connectivity index (χ1v) is 7.50. The van der Waals surface area contributed by atoms with Gasteiger partial charge in [0.15, 0.2) is 0 Å². The Labute approximate surface area is 140 Å². The Morgan fingerprint density at radius 2 is 2.00 bits per heavy atom. The number of benzene rings is 1. The highest BCUT2D eigenvalue weighted by Crippen LogP contribution is 2.24. The van der Waals surface area contributed by atoms with E-state index in [0.29, 0.717) is 11.4 Å². The van der Waals surface area contributed by atoms with Crippen molar-refractivity contribution in [1.82, 2.24) is 10.3 Å². The Hall–Kier alpha value is -2.89. The highest BCUT2D eigenvalue weighted by Gasteiger charge is 2.17. The molecule has 0 radical (unpaired) electrons. The average Bonchev–Trinajstić information content (AvgIpc) is 2.62. The molecule has 0 aliphatic rings. The fourth-order valence-electron chi connectivity index (χ4n) is 2.36. The number of rotatable bonds is 6. The Kier molecular flexibility index (Phi) is 5.89. The lowest BCUT2D eigenvalue weighted by Gasteiger charge is -2.18. The number of aromatic nitrogens is 1. The van der Waals surface area contributed by atoms with Crippen molar-refractivity contribution in [3.63, 3.8) is 0 Å². The number of esters is 1. The van der Waals surface area contributed by atoms with Crippen molar-refractivity contribution in [3.8, 4) is 5.75 Å². The summed E-state index contributed by atoms with van der Waals surface area (Å²) in [6.07, 6.45) is 1.67. The molecule has 1 aromatic heterocycles. The molecule has 2 aromatic rings. The molecule has 1 amide bonds. The molecule has 6 heteroatoms. The summed E-state index contributed by atoms with van der Waals surface area (Å²) in [4.78, 5) is 27.9. The van der Waals surface area contributed by atoms with Crippen LogP contribution in [0.5, 0.6) is 5.75 Å². The zero-order valence-corrected chi connectivity index (χ0v) is 13.9. The fourth-order valence-corrected chi connectivity index (χ4v) is 2.36. The Morgan fingerprint density at radius 3 is 2.62 bits per heavy atom. The maximum absolute atomic E-state index is 12.3. The topological polar surface area (TPSA) is 77.5 Å². The van der Waals surface area contributed by atoms with Gasteiger partial charge < -0.3 is 14.8 Å². The lowest BCUT2D eigenvalue weighted by atomic mass is 9.98. The van der Waals surface area contributed by atoms with Crippen LogP contribution in [0.3, 0.4) is 0 Å². The van der Waals surface area contributed by atoms with E-state index in [1.165, 1.54) is 7.11 Å². The minimum absolute atomic E-state index is 0.104. The van der Waals surface area contributed by atoms with Crippen molar-refractivity contribution in [3.05, 3.63) is 59.4 Å². The van der Waals surface area contributed by atoms with Gasteiger partial charge in [-0.1, -0.05) is 12.1 Å². The van der Waals surface area contributed by atoms with Crippen molar-refractivity contribution in [2.45, 2.75) is 19.4 Å². The number of hydrogen-bond acceptors (Lipinski definition) is 5. The van der Waals surface area contributed by atoms with Gasteiger partial charge in [-0.3, -0.25) is 14.6 Å². The van der Waals surface area contributed by atoms with Crippen molar-refractivity contribution >= 4 is 11.9 Å². The molecule has 0 saturated heterocycles. The van der Waals surface area contributed by atoms with E-state index in [2.05, 4.69) is 10.3 Å². The van der Waals surface area contributed by atoms with E-state index in [4.69, 9.17) is 9.47 Å². The van der Waals surface area contributed by atoms with Gasteiger partial charge in [-0.05, 0) is 42.3 Å². The number of methoxy groups -OCH3 is 2. The summed E-state index contributed by atoms with van der Waals surface area (Å²) in [5.41, 5.74) is 1.91. The first-order valence-electron chi connectivity index (χ1n) is 7.50. The van der Waals surface area contributed by atoms with Crippen LogP contribution < -0.4 is 10.1 Å². The second-order valence-corrected chi connectivity index (χ2v) is 5.23. The van der Waals surface area contributed by atoms with E-state index < -0.39 is 0 Å². The van der Waals surface area contributed by atoms with Gasteiger partial charge in [0.25, 0.3) is 5.91 Å². The number of pyridine rings is 1. The molecule has 2 rings (SSSR count). The number of carbonyl (C=O) groups is 2. The smallest absolute Gasteiger partial charge is 0.309 e. The quantitative estimate of drug-likeness (QED) is 0.823. The van der Waals surface area contributed by atoms with Crippen LogP contribution >= 0.6 is 0 Å². The minimum atomic E-state index is -0.354. The highest BCUT2D eigenvalue weighted by atomic mass is 16.5. The number of nitrogens with zero attached hydrogens (tertiary/aromatic N) is 1. The lowest BCUT2D eigenvalue weighted by molar-refractivity contribution is -0.139. The van der Waals surface area contributed by atoms with Gasteiger partial charge in [0.1, 0.15) is 11.4 Å². The maximum Gasteiger partial charge on any atom is 0.309 e. The molecule has 0 bridgehead atoms. The summed E-state index contributed by atoms with van der Waals surface area (Å²) in [5.74, 6) is 0.0107. The SMILES string of the molecule is COC(=O)Cc1cc(OC)ccc1C(C)NC(=O)c1ccccn1. The summed E-state index contributed by atoms with van der Waals surface area (Å²) >= 11 is 0. The van der Waals surface area contributed by atoms with Gasteiger partial charge in [0, 0.05) is 6.20 Å². The lowest BCUT2D eigenvalue weighted by Crippen LogP contribution is -2.28. The Balaban J connectivity index is 2.22. The van der Waals surface area contributed by atoms with E-state index in [9.17, 15) is 9.59 Å².